The van der Waals surface area contributed by atoms with E-state index in [9.17, 15) is 4.79 Å². The maximum atomic E-state index is 11.2. The van der Waals surface area contributed by atoms with Gasteiger partial charge in [0.15, 0.2) is 0 Å². The summed E-state index contributed by atoms with van der Waals surface area (Å²) >= 11 is 0. The van der Waals surface area contributed by atoms with Crippen molar-refractivity contribution in [2.24, 2.45) is 5.41 Å². The Kier molecular flexibility index (Phi) is 4.14. The monoisotopic (exact) mass is 198 g/mol. The summed E-state index contributed by atoms with van der Waals surface area (Å²) in [7, 11) is 0. The van der Waals surface area contributed by atoms with Crippen LogP contribution in [0.5, 0.6) is 0 Å². The predicted molar refractivity (Wildman–Crippen MR) is 53.9 cm³/mol. The molecule has 0 N–H and O–H groups in total. The first-order valence-corrected chi connectivity index (χ1v) is 5.16. The van der Waals surface area contributed by atoms with Gasteiger partial charge in [0.05, 0.1) is 19.8 Å². The SMILES string of the molecule is CCCOC(=O)C=CC1(CC)COC1. The Morgan fingerprint density at radius 2 is 2.21 bits per heavy atom. The second-order valence-corrected chi connectivity index (χ2v) is 3.71. The summed E-state index contributed by atoms with van der Waals surface area (Å²) in [5, 5.41) is 0. The molecule has 1 fully saturated rings. The first-order chi connectivity index (χ1) is 6.72. The highest BCUT2D eigenvalue weighted by Crippen LogP contribution is 2.32. The number of ether oxygens (including phenoxy) is 2. The zero-order valence-electron chi connectivity index (χ0n) is 8.91. The molecule has 1 aliphatic heterocycles. The van der Waals surface area contributed by atoms with E-state index in [1.54, 1.807) is 0 Å². The van der Waals surface area contributed by atoms with Crippen LogP contribution in [0.15, 0.2) is 12.2 Å². The van der Waals surface area contributed by atoms with E-state index >= 15 is 0 Å². The molecule has 14 heavy (non-hydrogen) atoms. The number of hydrogen-bond acceptors (Lipinski definition) is 3. The highest BCUT2D eigenvalue weighted by molar-refractivity contribution is 5.82. The second kappa shape index (κ2) is 5.15. The molecule has 3 nitrogen and oxygen atoms in total. The average molecular weight is 198 g/mol. The highest BCUT2D eigenvalue weighted by Gasteiger charge is 2.34. The molecule has 0 aromatic carbocycles. The molecular formula is C11H18O3. The van der Waals surface area contributed by atoms with Gasteiger partial charge in [-0.1, -0.05) is 19.9 Å². The fourth-order valence-electron chi connectivity index (χ4n) is 1.28. The van der Waals surface area contributed by atoms with E-state index < -0.39 is 0 Å². The van der Waals surface area contributed by atoms with Crippen molar-refractivity contribution in [1.82, 2.24) is 0 Å². The van der Waals surface area contributed by atoms with E-state index in [-0.39, 0.29) is 11.4 Å². The van der Waals surface area contributed by atoms with Crippen molar-refractivity contribution < 1.29 is 14.3 Å². The highest BCUT2D eigenvalue weighted by atomic mass is 16.5. The second-order valence-electron chi connectivity index (χ2n) is 3.71. The fraction of sp³-hybridized carbons (Fsp3) is 0.727. The van der Waals surface area contributed by atoms with Crippen LogP contribution in [0.1, 0.15) is 26.7 Å². The summed E-state index contributed by atoms with van der Waals surface area (Å²) in [4.78, 5) is 11.2. The fourth-order valence-corrected chi connectivity index (χ4v) is 1.28. The van der Waals surface area contributed by atoms with E-state index in [0.717, 1.165) is 26.1 Å². The van der Waals surface area contributed by atoms with Gasteiger partial charge in [0.25, 0.3) is 0 Å². The molecule has 1 saturated heterocycles. The molecule has 0 aromatic heterocycles. The Hall–Kier alpha value is -0.830. The molecule has 0 aliphatic carbocycles. The Balaban J connectivity index is 2.34. The van der Waals surface area contributed by atoms with Crippen LogP contribution in [0.25, 0.3) is 0 Å². The third kappa shape index (κ3) is 2.84. The van der Waals surface area contributed by atoms with Crippen LogP contribution in [0.2, 0.25) is 0 Å². The molecule has 0 saturated carbocycles. The van der Waals surface area contributed by atoms with Crippen LogP contribution >= 0.6 is 0 Å². The van der Waals surface area contributed by atoms with Gasteiger partial charge in [-0.3, -0.25) is 0 Å². The van der Waals surface area contributed by atoms with E-state index in [4.69, 9.17) is 9.47 Å². The van der Waals surface area contributed by atoms with Gasteiger partial charge in [-0.05, 0) is 12.8 Å². The van der Waals surface area contributed by atoms with Crippen molar-refractivity contribution >= 4 is 5.97 Å². The van der Waals surface area contributed by atoms with E-state index in [2.05, 4.69) is 6.92 Å². The maximum absolute atomic E-state index is 11.2. The summed E-state index contributed by atoms with van der Waals surface area (Å²) in [5.41, 5.74) is 0.0885. The van der Waals surface area contributed by atoms with Crippen molar-refractivity contribution in [2.45, 2.75) is 26.7 Å². The molecule has 1 rings (SSSR count). The number of carbonyl (C=O) groups is 1. The summed E-state index contributed by atoms with van der Waals surface area (Å²) in [5.74, 6) is -0.244. The summed E-state index contributed by atoms with van der Waals surface area (Å²) < 4.78 is 10.1. The lowest BCUT2D eigenvalue weighted by atomic mass is 9.83. The number of esters is 1. The van der Waals surface area contributed by atoms with Gasteiger partial charge in [0.2, 0.25) is 0 Å². The molecule has 0 spiro atoms. The van der Waals surface area contributed by atoms with E-state index in [1.165, 1.54) is 6.08 Å². The number of hydrogen-bond donors (Lipinski definition) is 0. The first-order valence-electron chi connectivity index (χ1n) is 5.16. The van der Waals surface area contributed by atoms with Crippen LogP contribution < -0.4 is 0 Å². The lowest BCUT2D eigenvalue weighted by Crippen LogP contribution is -2.40. The largest absolute Gasteiger partial charge is 0.463 e. The van der Waals surface area contributed by atoms with Gasteiger partial charge in [-0.25, -0.2) is 4.79 Å². The molecular weight excluding hydrogens is 180 g/mol. The first kappa shape index (κ1) is 11.2. The topological polar surface area (TPSA) is 35.5 Å². The summed E-state index contributed by atoms with van der Waals surface area (Å²) in [6, 6.07) is 0. The zero-order chi connectivity index (χ0) is 10.4. The van der Waals surface area contributed by atoms with Gasteiger partial charge in [0.1, 0.15) is 0 Å². The molecule has 0 atom stereocenters. The minimum Gasteiger partial charge on any atom is -0.463 e. The minimum absolute atomic E-state index is 0.0885. The third-order valence-electron chi connectivity index (χ3n) is 2.50. The van der Waals surface area contributed by atoms with Crippen LogP contribution in [0, 0.1) is 5.41 Å². The van der Waals surface area contributed by atoms with Crippen LogP contribution in [0.4, 0.5) is 0 Å². The van der Waals surface area contributed by atoms with Gasteiger partial charge in [-0.2, -0.15) is 0 Å². The Labute approximate surface area is 85.1 Å². The number of rotatable bonds is 5. The van der Waals surface area contributed by atoms with Crippen molar-refractivity contribution in [3.05, 3.63) is 12.2 Å². The predicted octanol–water partition coefficient (Wildman–Crippen LogP) is 1.92. The normalized spacial score (nSPS) is 19.3. The summed E-state index contributed by atoms with van der Waals surface area (Å²) in [6.07, 6.45) is 5.32. The van der Waals surface area contributed by atoms with Gasteiger partial charge >= 0.3 is 5.97 Å². The molecule has 0 radical (unpaired) electrons. The molecule has 1 aliphatic rings. The maximum Gasteiger partial charge on any atom is 0.330 e. The molecule has 1 heterocycles. The lowest BCUT2D eigenvalue weighted by Gasteiger charge is -2.38. The average Bonchev–Trinajstić information content (AvgIpc) is 2.14. The van der Waals surface area contributed by atoms with E-state index in [0.29, 0.717) is 6.61 Å². The smallest absolute Gasteiger partial charge is 0.330 e. The standard InChI is InChI=1S/C11H18O3/c1-3-7-14-10(12)5-6-11(4-2)8-13-9-11/h5-6H,3-4,7-9H2,1-2H3. The van der Waals surface area contributed by atoms with Gasteiger partial charge < -0.3 is 9.47 Å². The van der Waals surface area contributed by atoms with E-state index in [1.807, 2.05) is 13.0 Å². The molecule has 0 bridgehead atoms. The molecule has 80 valence electrons. The Morgan fingerprint density at radius 3 is 2.64 bits per heavy atom. The molecule has 3 heteroatoms. The molecule has 0 amide bonds. The third-order valence-corrected chi connectivity index (χ3v) is 2.50. The van der Waals surface area contributed by atoms with Crippen LogP contribution in [-0.4, -0.2) is 25.8 Å². The molecule has 0 unspecified atom stereocenters. The lowest BCUT2D eigenvalue weighted by molar-refractivity contribution is -0.138. The zero-order valence-corrected chi connectivity index (χ0v) is 8.91. The van der Waals surface area contributed by atoms with Gasteiger partial charge in [0, 0.05) is 11.5 Å². The summed E-state index contributed by atoms with van der Waals surface area (Å²) in [6.45, 7) is 6.02. The van der Waals surface area contributed by atoms with Crippen molar-refractivity contribution in [3.63, 3.8) is 0 Å². The molecule has 0 aromatic rings. The quantitative estimate of drug-likeness (QED) is 0.500. The van der Waals surface area contributed by atoms with Gasteiger partial charge in [-0.15, -0.1) is 0 Å². The van der Waals surface area contributed by atoms with Crippen LogP contribution in [0.3, 0.4) is 0 Å². The van der Waals surface area contributed by atoms with Crippen molar-refractivity contribution in [1.29, 1.82) is 0 Å². The van der Waals surface area contributed by atoms with Crippen molar-refractivity contribution in [3.8, 4) is 0 Å². The minimum atomic E-state index is -0.244. The van der Waals surface area contributed by atoms with Crippen LogP contribution in [-0.2, 0) is 14.3 Å². The number of carbonyl (C=O) groups excluding carboxylic acids is 1. The Morgan fingerprint density at radius 1 is 1.50 bits per heavy atom. The van der Waals surface area contributed by atoms with Crippen molar-refractivity contribution in [2.75, 3.05) is 19.8 Å². The Bertz CT molecular complexity index is 211.